The quantitative estimate of drug-likeness (QED) is 0.512. The molecule has 0 N–H and O–H groups in total. The lowest BCUT2D eigenvalue weighted by atomic mass is 10.1. The van der Waals surface area contributed by atoms with Gasteiger partial charge in [0.05, 0.1) is 32.6 Å². The zero-order valence-corrected chi connectivity index (χ0v) is 15.3. The lowest BCUT2D eigenvalue weighted by Gasteiger charge is -2.12. The molecule has 27 heavy (non-hydrogen) atoms. The standard InChI is InChI=1S/C21H19NO5/c1-25-16-10-8-15(9-11-16)22-13-14-6-4-5-7-17(14)20(22)18(21(24)27-3)12-19(23)26-2/h4-13H,1-3H3/b18-12+. The van der Waals surface area contributed by atoms with E-state index >= 15 is 0 Å². The van der Waals surface area contributed by atoms with E-state index in [1.54, 1.807) is 7.11 Å². The van der Waals surface area contributed by atoms with Crippen LogP contribution in [0.2, 0.25) is 0 Å². The van der Waals surface area contributed by atoms with Crippen molar-refractivity contribution in [3.8, 4) is 11.4 Å². The van der Waals surface area contributed by atoms with Crippen molar-refractivity contribution in [1.82, 2.24) is 4.57 Å². The van der Waals surface area contributed by atoms with Gasteiger partial charge in [0.25, 0.3) is 0 Å². The zero-order chi connectivity index (χ0) is 19.4. The number of fused-ring (bicyclic) bond motifs is 1. The molecular weight excluding hydrogens is 346 g/mol. The van der Waals surface area contributed by atoms with E-state index in [-0.39, 0.29) is 5.57 Å². The highest BCUT2D eigenvalue weighted by Gasteiger charge is 2.22. The van der Waals surface area contributed by atoms with Crippen LogP contribution in [0.4, 0.5) is 0 Å². The average molecular weight is 365 g/mol. The van der Waals surface area contributed by atoms with Crippen molar-refractivity contribution in [3.05, 3.63) is 66.5 Å². The first kappa shape index (κ1) is 18.3. The van der Waals surface area contributed by atoms with Crippen LogP contribution in [0.1, 0.15) is 5.69 Å². The van der Waals surface area contributed by atoms with Crippen molar-refractivity contribution >= 4 is 28.3 Å². The Kier molecular flexibility index (Phi) is 5.26. The Morgan fingerprint density at radius 2 is 1.63 bits per heavy atom. The number of hydrogen-bond acceptors (Lipinski definition) is 5. The highest BCUT2D eigenvalue weighted by Crippen LogP contribution is 2.31. The summed E-state index contributed by atoms with van der Waals surface area (Å²) >= 11 is 0. The molecule has 138 valence electrons. The van der Waals surface area contributed by atoms with E-state index in [2.05, 4.69) is 0 Å². The summed E-state index contributed by atoms with van der Waals surface area (Å²) in [7, 11) is 4.13. The third-order valence-corrected chi connectivity index (χ3v) is 4.20. The molecule has 0 unspecified atom stereocenters. The highest BCUT2D eigenvalue weighted by atomic mass is 16.5. The summed E-state index contributed by atoms with van der Waals surface area (Å²) in [5, 5.41) is 1.73. The van der Waals surface area contributed by atoms with Crippen molar-refractivity contribution in [2.24, 2.45) is 0 Å². The van der Waals surface area contributed by atoms with Gasteiger partial charge in [0, 0.05) is 28.7 Å². The molecule has 0 aliphatic rings. The highest BCUT2D eigenvalue weighted by molar-refractivity contribution is 6.23. The summed E-state index contributed by atoms with van der Waals surface area (Å²) in [6.45, 7) is 0. The third kappa shape index (κ3) is 3.55. The van der Waals surface area contributed by atoms with Gasteiger partial charge in [-0.15, -0.1) is 0 Å². The predicted molar refractivity (Wildman–Crippen MR) is 102 cm³/mol. The van der Waals surface area contributed by atoms with Gasteiger partial charge in [-0.1, -0.05) is 24.3 Å². The van der Waals surface area contributed by atoms with Crippen LogP contribution < -0.4 is 4.74 Å². The Labute approximate surface area is 156 Å². The maximum atomic E-state index is 12.5. The summed E-state index contributed by atoms with van der Waals surface area (Å²) in [6, 6.07) is 15.0. The molecule has 6 heteroatoms. The molecular formula is C21H19NO5. The number of benzene rings is 2. The van der Waals surface area contributed by atoms with Gasteiger partial charge >= 0.3 is 11.9 Å². The number of esters is 2. The lowest BCUT2D eigenvalue weighted by molar-refractivity contribution is -0.136. The maximum absolute atomic E-state index is 12.5. The fourth-order valence-corrected chi connectivity index (χ4v) is 2.89. The number of carbonyl (C=O) groups excluding carboxylic acids is 2. The second-order valence-electron chi connectivity index (χ2n) is 5.71. The molecule has 3 rings (SSSR count). The molecule has 0 amide bonds. The molecule has 0 atom stereocenters. The number of methoxy groups -OCH3 is 3. The molecule has 0 fully saturated rings. The normalized spacial score (nSPS) is 11.3. The van der Waals surface area contributed by atoms with Crippen LogP contribution in [0.15, 0.2) is 60.8 Å². The molecule has 1 aromatic heterocycles. The maximum Gasteiger partial charge on any atom is 0.340 e. The number of carbonyl (C=O) groups is 2. The van der Waals surface area contributed by atoms with Gasteiger partial charge in [-0.05, 0) is 24.3 Å². The Bertz CT molecular complexity index is 1010. The number of aromatic nitrogens is 1. The molecule has 0 saturated carbocycles. The van der Waals surface area contributed by atoms with Gasteiger partial charge in [-0.2, -0.15) is 0 Å². The van der Waals surface area contributed by atoms with Crippen LogP contribution in [0.5, 0.6) is 5.75 Å². The number of hydrogen-bond donors (Lipinski definition) is 0. The minimum atomic E-state index is -0.637. The van der Waals surface area contributed by atoms with Crippen molar-refractivity contribution in [1.29, 1.82) is 0 Å². The molecule has 1 heterocycles. The average Bonchev–Trinajstić information content (AvgIpc) is 3.10. The molecule has 0 spiro atoms. The van der Waals surface area contributed by atoms with E-state index in [0.29, 0.717) is 5.69 Å². The Hall–Kier alpha value is -3.54. The SMILES string of the molecule is COC(=O)/C=C(/C(=O)OC)c1c2ccccc2cn1-c1ccc(OC)cc1. The van der Waals surface area contributed by atoms with E-state index in [9.17, 15) is 9.59 Å². The molecule has 0 saturated heterocycles. The second kappa shape index (κ2) is 7.78. The van der Waals surface area contributed by atoms with E-state index in [0.717, 1.165) is 28.3 Å². The first-order valence-electron chi connectivity index (χ1n) is 8.22. The van der Waals surface area contributed by atoms with E-state index in [1.165, 1.54) is 14.2 Å². The number of ether oxygens (including phenoxy) is 3. The van der Waals surface area contributed by atoms with E-state index in [4.69, 9.17) is 14.2 Å². The Balaban J connectivity index is 2.29. The molecule has 0 aliphatic heterocycles. The van der Waals surface area contributed by atoms with Crippen LogP contribution in [-0.2, 0) is 19.1 Å². The molecule has 6 nitrogen and oxygen atoms in total. The summed E-state index contributed by atoms with van der Waals surface area (Å²) in [5.41, 5.74) is 1.47. The van der Waals surface area contributed by atoms with Gasteiger partial charge in [-0.3, -0.25) is 0 Å². The van der Waals surface area contributed by atoms with Gasteiger partial charge in [0.15, 0.2) is 0 Å². The van der Waals surface area contributed by atoms with Gasteiger partial charge < -0.3 is 18.8 Å². The predicted octanol–water partition coefficient (Wildman–Crippen LogP) is 3.37. The molecule has 0 aliphatic carbocycles. The van der Waals surface area contributed by atoms with Crippen molar-refractivity contribution < 1.29 is 23.8 Å². The third-order valence-electron chi connectivity index (χ3n) is 4.20. The minimum absolute atomic E-state index is 0.112. The molecule has 0 radical (unpaired) electrons. The monoisotopic (exact) mass is 365 g/mol. The molecule has 2 aromatic carbocycles. The zero-order valence-electron chi connectivity index (χ0n) is 15.3. The number of rotatable bonds is 5. The van der Waals surface area contributed by atoms with Crippen LogP contribution in [0.25, 0.3) is 22.0 Å². The van der Waals surface area contributed by atoms with Crippen molar-refractivity contribution in [2.75, 3.05) is 21.3 Å². The molecule has 0 bridgehead atoms. The fraction of sp³-hybridized carbons (Fsp3) is 0.143. The largest absolute Gasteiger partial charge is 0.497 e. The first-order chi connectivity index (χ1) is 13.1. The van der Waals surface area contributed by atoms with Crippen molar-refractivity contribution in [2.45, 2.75) is 0 Å². The lowest BCUT2D eigenvalue weighted by Crippen LogP contribution is -2.11. The Morgan fingerprint density at radius 3 is 2.26 bits per heavy atom. The van der Waals surface area contributed by atoms with E-state index < -0.39 is 11.9 Å². The van der Waals surface area contributed by atoms with Gasteiger partial charge in [0.2, 0.25) is 0 Å². The van der Waals surface area contributed by atoms with E-state index in [1.807, 2.05) is 59.3 Å². The summed E-state index contributed by atoms with van der Waals surface area (Å²) in [5.74, 6) is -0.545. The van der Waals surface area contributed by atoms with Crippen LogP contribution >= 0.6 is 0 Å². The van der Waals surface area contributed by atoms with Gasteiger partial charge in [0.1, 0.15) is 5.75 Å². The van der Waals surface area contributed by atoms with Crippen molar-refractivity contribution in [3.63, 3.8) is 0 Å². The summed E-state index contributed by atoms with van der Waals surface area (Å²) in [6.07, 6.45) is 3.05. The Morgan fingerprint density at radius 1 is 0.926 bits per heavy atom. The fourth-order valence-electron chi connectivity index (χ4n) is 2.89. The summed E-state index contributed by atoms with van der Waals surface area (Å²) < 4.78 is 16.7. The minimum Gasteiger partial charge on any atom is -0.497 e. The molecule has 3 aromatic rings. The first-order valence-corrected chi connectivity index (χ1v) is 8.22. The smallest absolute Gasteiger partial charge is 0.340 e. The van der Waals surface area contributed by atoms with Crippen LogP contribution in [-0.4, -0.2) is 37.8 Å². The summed E-state index contributed by atoms with van der Waals surface area (Å²) in [4.78, 5) is 24.3. The number of nitrogens with zero attached hydrogens (tertiary/aromatic N) is 1. The second-order valence-corrected chi connectivity index (χ2v) is 5.71. The van der Waals surface area contributed by atoms with Crippen LogP contribution in [0.3, 0.4) is 0 Å². The topological polar surface area (TPSA) is 66.8 Å². The van der Waals surface area contributed by atoms with Gasteiger partial charge in [-0.25, -0.2) is 9.59 Å². The van der Waals surface area contributed by atoms with Crippen LogP contribution in [0, 0.1) is 0 Å².